The zero-order valence-electron chi connectivity index (χ0n) is 10.2. The second kappa shape index (κ2) is 5.55. The Morgan fingerprint density at radius 1 is 1.18 bits per heavy atom. The van der Waals surface area contributed by atoms with Gasteiger partial charge in [0.15, 0.2) is 0 Å². The average molecular weight is 227 g/mol. The van der Waals surface area contributed by atoms with Gasteiger partial charge >= 0.3 is 0 Å². The third-order valence-electron chi connectivity index (χ3n) is 2.78. The summed E-state index contributed by atoms with van der Waals surface area (Å²) in [6.45, 7) is 4.99. The highest BCUT2D eigenvalue weighted by atomic mass is 14.9. The molecule has 17 heavy (non-hydrogen) atoms. The van der Waals surface area contributed by atoms with Crippen molar-refractivity contribution in [2.75, 3.05) is 0 Å². The molecule has 0 aliphatic carbocycles. The highest BCUT2D eigenvalue weighted by Gasteiger charge is 2.04. The number of nitrogens with one attached hydrogen (secondary N) is 1. The monoisotopic (exact) mass is 227 g/mol. The molecule has 1 aromatic heterocycles. The second-order valence-corrected chi connectivity index (χ2v) is 4.21. The number of hydrogen-bond acceptors (Lipinski definition) is 3. The SMILES string of the molecule is Cc1ccc([C@@H](C)NCc2cnccn2)cc1. The summed E-state index contributed by atoms with van der Waals surface area (Å²) in [5, 5.41) is 3.43. The minimum Gasteiger partial charge on any atom is -0.305 e. The van der Waals surface area contributed by atoms with Crippen LogP contribution in [-0.2, 0) is 6.54 Å². The van der Waals surface area contributed by atoms with Crippen molar-refractivity contribution >= 4 is 0 Å². The third-order valence-corrected chi connectivity index (χ3v) is 2.78. The Labute approximate surface area is 102 Å². The van der Waals surface area contributed by atoms with E-state index in [0.717, 1.165) is 12.2 Å². The number of aromatic nitrogens is 2. The summed E-state index contributed by atoms with van der Waals surface area (Å²) in [5.74, 6) is 0. The minimum absolute atomic E-state index is 0.317. The highest BCUT2D eigenvalue weighted by Crippen LogP contribution is 2.13. The maximum atomic E-state index is 4.23. The van der Waals surface area contributed by atoms with E-state index in [1.165, 1.54) is 11.1 Å². The van der Waals surface area contributed by atoms with Gasteiger partial charge < -0.3 is 5.32 Å². The van der Waals surface area contributed by atoms with E-state index in [-0.39, 0.29) is 0 Å². The van der Waals surface area contributed by atoms with Crippen molar-refractivity contribution in [1.82, 2.24) is 15.3 Å². The van der Waals surface area contributed by atoms with E-state index in [2.05, 4.69) is 53.4 Å². The van der Waals surface area contributed by atoms with E-state index in [9.17, 15) is 0 Å². The van der Waals surface area contributed by atoms with Crippen LogP contribution in [0, 0.1) is 6.92 Å². The maximum Gasteiger partial charge on any atom is 0.0724 e. The summed E-state index contributed by atoms with van der Waals surface area (Å²) in [6, 6.07) is 8.90. The Morgan fingerprint density at radius 3 is 2.59 bits per heavy atom. The van der Waals surface area contributed by atoms with Gasteiger partial charge in [0.1, 0.15) is 0 Å². The molecule has 0 bridgehead atoms. The van der Waals surface area contributed by atoms with Crippen LogP contribution in [0.15, 0.2) is 42.9 Å². The standard InChI is InChI=1S/C14H17N3/c1-11-3-5-13(6-4-11)12(2)17-10-14-9-15-7-8-16-14/h3-9,12,17H,10H2,1-2H3/t12-/m1/s1. The van der Waals surface area contributed by atoms with Crippen LogP contribution in [0.1, 0.15) is 29.8 Å². The number of nitrogens with zero attached hydrogens (tertiary/aromatic N) is 2. The highest BCUT2D eigenvalue weighted by molar-refractivity contribution is 5.23. The Hall–Kier alpha value is -1.74. The summed E-state index contributed by atoms with van der Waals surface area (Å²) in [6.07, 6.45) is 5.19. The molecule has 3 heteroatoms. The molecule has 0 aliphatic rings. The van der Waals surface area contributed by atoms with Crippen LogP contribution in [0.4, 0.5) is 0 Å². The fraction of sp³-hybridized carbons (Fsp3) is 0.286. The first-order valence-electron chi connectivity index (χ1n) is 5.80. The zero-order valence-corrected chi connectivity index (χ0v) is 10.2. The summed E-state index contributed by atoms with van der Waals surface area (Å²) in [4.78, 5) is 8.28. The maximum absolute atomic E-state index is 4.23. The van der Waals surface area contributed by atoms with Crippen LogP contribution in [0.5, 0.6) is 0 Å². The smallest absolute Gasteiger partial charge is 0.0724 e. The van der Waals surface area contributed by atoms with Gasteiger partial charge in [-0.25, -0.2) is 0 Å². The fourth-order valence-electron chi connectivity index (χ4n) is 1.65. The van der Waals surface area contributed by atoms with Crippen LogP contribution >= 0.6 is 0 Å². The number of benzene rings is 1. The molecule has 3 nitrogen and oxygen atoms in total. The molecule has 1 atom stereocenters. The number of rotatable bonds is 4. The molecule has 0 aliphatic heterocycles. The molecule has 0 spiro atoms. The molecule has 1 heterocycles. The van der Waals surface area contributed by atoms with Crippen molar-refractivity contribution in [3.8, 4) is 0 Å². The molecule has 1 N–H and O–H groups in total. The van der Waals surface area contributed by atoms with E-state index in [0.29, 0.717) is 6.04 Å². The number of aryl methyl sites for hydroxylation is 1. The van der Waals surface area contributed by atoms with Crippen molar-refractivity contribution in [1.29, 1.82) is 0 Å². The van der Waals surface area contributed by atoms with Crippen molar-refractivity contribution < 1.29 is 0 Å². The lowest BCUT2D eigenvalue weighted by atomic mass is 10.1. The molecule has 2 rings (SSSR count). The van der Waals surface area contributed by atoms with Crippen molar-refractivity contribution in [2.45, 2.75) is 26.4 Å². The quantitative estimate of drug-likeness (QED) is 0.872. The van der Waals surface area contributed by atoms with E-state index < -0.39 is 0 Å². The predicted molar refractivity (Wildman–Crippen MR) is 68.5 cm³/mol. The average Bonchev–Trinajstić information content (AvgIpc) is 2.38. The van der Waals surface area contributed by atoms with Gasteiger partial charge in [-0.1, -0.05) is 29.8 Å². The fourth-order valence-corrected chi connectivity index (χ4v) is 1.65. The van der Waals surface area contributed by atoms with Crippen molar-refractivity contribution in [3.05, 3.63) is 59.7 Å². The normalized spacial score (nSPS) is 12.4. The molecular formula is C14H17N3. The third kappa shape index (κ3) is 3.36. The minimum atomic E-state index is 0.317. The molecular weight excluding hydrogens is 210 g/mol. The molecule has 0 fully saturated rings. The Kier molecular flexibility index (Phi) is 3.83. The second-order valence-electron chi connectivity index (χ2n) is 4.21. The lowest BCUT2D eigenvalue weighted by molar-refractivity contribution is 0.566. The molecule has 1 aromatic carbocycles. The van der Waals surface area contributed by atoms with E-state index in [1.807, 2.05) is 0 Å². The zero-order chi connectivity index (χ0) is 12.1. The van der Waals surface area contributed by atoms with Crippen LogP contribution in [0.25, 0.3) is 0 Å². The van der Waals surface area contributed by atoms with Gasteiger partial charge in [0.05, 0.1) is 5.69 Å². The van der Waals surface area contributed by atoms with Gasteiger partial charge in [0.25, 0.3) is 0 Å². The molecule has 88 valence electrons. The van der Waals surface area contributed by atoms with Gasteiger partial charge in [0, 0.05) is 31.2 Å². The van der Waals surface area contributed by atoms with Gasteiger partial charge in [-0.3, -0.25) is 9.97 Å². The van der Waals surface area contributed by atoms with E-state index in [1.54, 1.807) is 18.6 Å². The van der Waals surface area contributed by atoms with Crippen LogP contribution < -0.4 is 5.32 Å². The largest absolute Gasteiger partial charge is 0.305 e. The van der Waals surface area contributed by atoms with Gasteiger partial charge in [0.2, 0.25) is 0 Å². The summed E-state index contributed by atoms with van der Waals surface area (Å²) < 4.78 is 0. The van der Waals surface area contributed by atoms with E-state index in [4.69, 9.17) is 0 Å². The summed E-state index contributed by atoms with van der Waals surface area (Å²) in [5.41, 5.74) is 3.54. The molecule has 0 radical (unpaired) electrons. The topological polar surface area (TPSA) is 37.8 Å². The van der Waals surface area contributed by atoms with Gasteiger partial charge in [-0.05, 0) is 19.4 Å². The number of hydrogen-bond donors (Lipinski definition) is 1. The Morgan fingerprint density at radius 2 is 1.94 bits per heavy atom. The van der Waals surface area contributed by atoms with Crippen LogP contribution in [-0.4, -0.2) is 9.97 Å². The lowest BCUT2D eigenvalue weighted by Crippen LogP contribution is -2.18. The van der Waals surface area contributed by atoms with Crippen molar-refractivity contribution in [2.24, 2.45) is 0 Å². The first kappa shape index (κ1) is 11.7. The molecule has 2 aromatic rings. The van der Waals surface area contributed by atoms with Crippen LogP contribution in [0.2, 0.25) is 0 Å². The molecule has 0 saturated carbocycles. The molecule has 0 amide bonds. The first-order valence-corrected chi connectivity index (χ1v) is 5.80. The summed E-state index contributed by atoms with van der Waals surface area (Å²) in [7, 11) is 0. The lowest BCUT2D eigenvalue weighted by Gasteiger charge is -2.13. The van der Waals surface area contributed by atoms with Crippen LogP contribution in [0.3, 0.4) is 0 Å². The molecule has 0 saturated heterocycles. The van der Waals surface area contributed by atoms with E-state index >= 15 is 0 Å². The first-order chi connectivity index (χ1) is 8.25. The molecule has 0 unspecified atom stereocenters. The Balaban J connectivity index is 1.93. The predicted octanol–water partition coefficient (Wildman–Crippen LogP) is 2.64. The van der Waals surface area contributed by atoms with Gasteiger partial charge in [-0.2, -0.15) is 0 Å². The Bertz CT molecular complexity index is 451. The van der Waals surface area contributed by atoms with Crippen molar-refractivity contribution in [3.63, 3.8) is 0 Å². The van der Waals surface area contributed by atoms with Gasteiger partial charge in [-0.15, -0.1) is 0 Å². The summed E-state index contributed by atoms with van der Waals surface area (Å²) >= 11 is 0.